The molecule has 0 saturated heterocycles. The van der Waals surface area contributed by atoms with E-state index in [1.54, 1.807) is 0 Å². The fourth-order valence-electron chi connectivity index (χ4n) is 1.36. The van der Waals surface area contributed by atoms with Gasteiger partial charge in [-0.05, 0) is 26.3 Å². The third-order valence-corrected chi connectivity index (χ3v) is 2.21. The number of aldehydes is 1. The van der Waals surface area contributed by atoms with Gasteiger partial charge in [0.05, 0.1) is 5.54 Å². The third kappa shape index (κ3) is 3.18. The molecule has 0 amide bonds. The number of carbonyl (C=O) groups excluding carboxylic acids is 1. The molecule has 0 unspecified atom stereocenters. The second kappa shape index (κ2) is 5.95. The van der Waals surface area contributed by atoms with E-state index in [1.807, 2.05) is 13.1 Å². The number of allylic oxidation sites excluding steroid dienone is 1. The summed E-state index contributed by atoms with van der Waals surface area (Å²) >= 11 is 0. The Morgan fingerprint density at radius 2 is 2.17 bits per heavy atom. The van der Waals surface area contributed by atoms with Crippen LogP contribution in [-0.4, -0.2) is 18.9 Å². The van der Waals surface area contributed by atoms with Crippen molar-refractivity contribution in [2.45, 2.75) is 38.1 Å². The maximum absolute atomic E-state index is 10.9. The van der Waals surface area contributed by atoms with E-state index in [9.17, 15) is 4.79 Å². The summed E-state index contributed by atoms with van der Waals surface area (Å²) in [5.41, 5.74) is -0.317. The van der Waals surface area contributed by atoms with Gasteiger partial charge in [0.1, 0.15) is 6.29 Å². The van der Waals surface area contributed by atoms with Gasteiger partial charge < -0.3 is 10.1 Å². The van der Waals surface area contributed by atoms with Crippen LogP contribution in [0.2, 0.25) is 0 Å². The molecule has 1 N–H and O–H groups in total. The van der Waals surface area contributed by atoms with Crippen LogP contribution in [0.5, 0.6) is 0 Å². The minimum absolute atomic E-state index is 0.317. The van der Waals surface area contributed by atoms with Crippen molar-refractivity contribution in [3.05, 3.63) is 12.7 Å². The number of likely N-dealkylation sites (N-methyl/N-ethyl adjacent to an activating group) is 1. The number of carbonyl (C=O) groups is 1. The first-order valence-corrected chi connectivity index (χ1v) is 4.51. The Bertz CT molecular complexity index is 145. The molecule has 2 heteroatoms. The number of hydrogen-bond donors (Lipinski definition) is 1. The van der Waals surface area contributed by atoms with Gasteiger partial charge in [0.15, 0.2) is 0 Å². The number of nitrogens with one attached hydrogen (secondary N) is 1. The van der Waals surface area contributed by atoms with Crippen LogP contribution < -0.4 is 5.32 Å². The summed E-state index contributed by atoms with van der Waals surface area (Å²) in [7, 11) is 1.84. The maximum atomic E-state index is 10.9. The molecule has 0 rings (SSSR count). The minimum Gasteiger partial charge on any atom is -0.308 e. The normalized spacial score (nSPS) is 15.2. The Balaban J connectivity index is 4.12. The lowest BCUT2D eigenvalue weighted by molar-refractivity contribution is -0.113. The molecule has 0 aromatic heterocycles. The predicted octanol–water partition coefficient (Wildman–Crippen LogP) is 1.91. The summed E-state index contributed by atoms with van der Waals surface area (Å²) in [6.45, 7) is 5.74. The molecule has 1 atom stereocenters. The topological polar surface area (TPSA) is 29.1 Å². The second-order valence-electron chi connectivity index (χ2n) is 3.10. The average Bonchev–Trinajstić information content (AvgIpc) is 2.13. The van der Waals surface area contributed by atoms with Gasteiger partial charge >= 0.3 is 0 Å². The molecule has 2 nitrogen and oxygen atoms in total. The Morgan fingerprint density at radius 3 is 2.50 bits per heavy atom. The highest BCUT2D eigenvalue weighted by molar-refractivity contribution is 5.64. The highest BCUT2D eigenvalue weighted by Crippen LogP contribution is 2.16. The summed E-state index contributed by atoms with van der Waals surface area (Å²) in [6, 6.07) is 0. The lowest BCUT2D eigenvalue weighted by Crippen LogP contribution is -2.44. The van der Waals surface area contributed by atoms with E-state index in [0.29, 0.717) is 0 Å². The van der Waals surface area contributed by atoms with Gasteiger partial charge in [-0.1, -0.05) is 19.4 Å². The summed E-state index contributed by atoms with van der Waals surface area (Å²) in [5.74, 6) is 0. The SMILES string of the molecule is C=CCC[C@](C=O)(CCC)NC. The Hall–Kier alpha value is -0.630. The molecule has 0 aromatic carbocycles. The van der Waals surface area contributed by atoms with Crippen LogP contribution in [0, 0.1) is 0 Å². The molecular weight excluding hydrogens is 150 g/mol. The van der Waals surface area contributed by atoms with Crippen molar-refractivity contribution >= 4 is 6.29 Å². The average molecular weight is 169 g/mol. The van der Waals surface area contributed by atoms with Crippen molar-refractivity contribution in [2.75, 3.05) is 7.05 Å². The van der Waals surface area contributed by atoms with E-state index in [1.165, 1.54) is 0 Å². The van der Waals surface area contributed by atoms with Crippen LogP contribution in [0.4, 0.5) is 0 Å². The summed E-state index contributed by atoms with van der Waals surface area (Å²) in [4.78, 5) is 10.9. The van der Waals surface area contributed by atoms with E-state index < -0.39 is 0 Å². The van der Waals surface area contributed by atoms with Crippen LogP contribution in [-0.2, 0) is 4.79 Å². The summed E-state index contributed by atoms with van der Waals surface area (Å²) in [6.07, 6.45) is 6.55. The van der Waals surface area contributed by atoms with E-state index in [-0.39, 0.29) is 5.54 Å². The first-order chi connectivity index (χ1) is 5.74. The molecule has 0 spiro atoms. The molecule has 0 fully saturated rings. The third-order valence-electron chi connectivity index (χ3n) is 2.21. The van der Waals surface area contributed by atoms with Crippen LogP contribution in [0.1, 0.15) is 32.6 Å². The zero-order chi connectivity index (χ0) is 9.45. The lowest BCUT2D eigenvalue weighted by atomic mass is 9.90. The van der Waals surface area contributed by atoms with E-state index >= 15 is 0 Å². The molecule has 0 saturated carbocycles. The Morgan fingerprint density at radius 1 is 1.50 bits per heavy atom. The molecule has 0 bridgehead atoms. The minimum atomic E-state index is -0.317. The van der Waals surface area contributed by atoms with Crippen molar-refractivity contribution in [1.82, 2.24) is 5.32 Å². The zero-order valence-corrected chi connectivity index (χ0v) is 8.10. The van der Waals surface area contributed by atoms with Crippen molar-refractivity contribution < 1.29 is 4.79 Å². The lowest BCUT2D eigenvalue weighted by Gasteiger charge is -2.26. The fourth-order valence-corrected chi connectivity index (χ4v) is 1.36. The number of rotatable bonds is 7. The van der Waals surface area contributed by atoms with Crippen LogP contribution >= 0.6 is 0 Å². The van der Waals surface area contributed by atoms with Crippen LogP contribution in [0.3, 0.4) is 0 Å². The van der Waals surface area contributed by atoms with Crippen LogP contribution in [0.25, 0.3) is 0 Å². The largest absolute Gasteiger partial charge is 0.308 e. The van der Waals surface area contributed by atoms with Crippen molar-refractivity contribution in [3.63, 3.8) is 0 Å². The predicted molar refractivity (Wildman–Crippen MR) is 52.2 cm³/mol. The molecule has 70 valence electrons. The Kier molecular flexibility index (Phi) is 5.64. The standard InChI is InChI=1S/C10H19NO/c1-4-6-8-10(9-12,11-3)7-5-2/h4,9,11H,1,5-8H2,2-3H3/t10-/m0/s1. The highest BCUT2D eigenvalue weighted by atomic mass is 16.1. The van der Waals surface area contributed by atoms with E-state index in [0.717, 1.165) is 32.0 Å². The quantitative estimate of drug-likeness (QED) is 0.466. The molecule has 0 heterocycles. The van der Waals surface area contributed by atoms with Gasteiger partial charge in [-0.2, -0.15) is 0 Å². The van der Waals surface area contributed by atoms with Crippen LogP contribution in [0.15, 0.2) is 12.7 Å². The van der Waals surface area contributed by atoms with Crippen molar-refractivity contribution in [2.24, 2.45) is 0 Å². The molecule has 12 heavy (non-hydrogen) atoms. The molecule has 0 aliphatic heterocycles. The smallest absolute Gasteiger partial charge is 0.140 e. The monoisotopic (exact) mass is 169 g/mol. The van der Waals surface area contributed by atoms with Gasteiger partial charge in [-0.25, -0.2) is 0 Å². The van der Waals surface area contributed by atoms with Gasteiger partial charge in [-0.15, -0.1) is 6.58 Å². The van der Waals surface area contributed by atoms with Gasteiger partial charge in [0.2, 0.25) is 0 Å². The first kappa shape index (κ1) is 11.4. The summed E-state index contributed by atoms with van der Waals surface area (Å²) < 4.78 is 0. The highest BCUT2D eigenvalue weighted by Gasteiger charge is 2.24. The molecule has 0 aromatic rings. The molecular formula is C10H19NO. The van der Waals surface area contributed by atoms with Gasteiger partial charge in [-0.3, -0.25) is 0 Å². The molecule has 0 radical (unpaired) electrons. The van der Waals surface area contributed by atoms with Crippen molar-refractivity contribution in [3.8, 4) is 0 Å². The molecule has 0 aliphatic rings. The van der Waals surface area contributed by atoms with Gasteiger partial charge in [0.25, 0.3) is 0 Å². The fraction of sp³-hybridized carbons (Fsp3) is 0.700. The summed E-state index contributed by atoms with van der Waals surface area (Å²) in [5, 5.41) is 3.09. The van der Waals surface area contributed by atoms with Gasteiger partial charge in [0, 0.05) is 0 Å². The van der Waals surface area contributed by atoms with E-state index in [4.69, 9.17) is 0 Å². The molecule has 0 aliphatic carbocycles. The second-order valence-corrected chi connectivity index (χ2v) is 3.10. The van der Waals surface area contributed by atoms with E-state index in [2.05, 4.69) is 18.8 Å². The van der Waals surface area contributed by atoms with Crippen molar-refractivity contribution in [1.29, 1.82) is 0 Å². The zero-order valence-electron chi connectivity index (χ0n) is 8.10. The first-order valence-electron chi connectivity index (χ1n) is 4.51. The number of hydrogen-bond acceptors (Lipinski definition) is 2. The Labute approximate surface area is 75.0 Å². The maximum Gasteiger partial charge on any atom is 0.140 e.